The summed E-state index contributed by atoms with van der Waals surface area (Å²) in [6.07, 6.45) is 6.44. The van der Waals surface area contributed by atoms with Gasteiger partial charge in [-0.3, -0.25) is 0 Å². The van der Waals surface area contributed by atoms with E-state index in [1.807, 2.05) is 10.8 Å². The van der Waals surface area contributed by atoms with Gasteiger partial charge in [-0.15, -0.1) is 0 Å². The minimum Gasteiger partial charge on any atom is -0.383 e. The number of benzene rings is 1. The van der Waals surface area contributed by atoms with Crippen molar-refractivity contribution in [2.45, 2.75) is 13.0 Å². The molecular weight excluding hydrogens is 293 g/mol. The van der Waals surface area contributed by atoms with Gasteiger partial charge in [0.05, 0.1) is 22.1 Å². The maximum atomic E-state index is 6.07. The van der Waals surface area contributed by atoms with Crippen molar-refractivity contribution >= 4 is 40.5 Å². The van der Waals surface area contributed by atoms with E-state index in [4.69, 9.17) is 34.8 Å². The van der Waals surface area contributed by atoms with Gasteiger partial charge in [-0.05, 0) is 18.6 Å². The number of aryl methyl sites for hydroxylation is 1. The Labute approximate surface area is 121 Å². The summed E-state index contributed by atoms with van der Waals surface area (Å²) in [6, 6.07) is 3.35. The summed E-state index contributed by atoms with van der Waals surface area (Å²) >= 11 is 18.0. The molecular formula is C12H12Cl3N3. The van der Waals surface area contributed by atoms with Gasteiger partial charge in [-0.25, -0.2) is 4.98 Å². The Morgan fingerprint density at radius 2 is 1.89 bits per heavy atom. The van der Waals surface area contributed by atoms with Gasteiger partial charge in [0.25, 0.3) is 0 Å². The van der Waals surface area contributed by atoms with Crippen LogP contribution in [-0.4, -0.2) is 16.1 Å². The van der Waals surface area contributed by atoms with Crippen LogP contribution in [0.4, 0.5) is 5.69 Å². The van der Waals surface area contributed by atoms with Crippen molar-refractivity contribution in [1.82, 2.24) is 9.55 Å². The summed E-state index contributed by atoms with van der Waals surface area (Å²) in [5, 5.41) is 4.82. The van der Waals surface area contributed by atoms with Gasteiger partial charge >= 0.3 is 0 Å². The first kappa shape index (κ1) is 13.5. The topological polar surface area (TPSA) is 29.9 Å². The predicted octanol–water partition coefficient (Wildman–Crippen LogP) is 4.35. The van der Waals surface area contributed by atoms with E-state index in [1.165, 1.54) is 0 Å². The number of hydrogen-bond acceptors (Lipinski definition) is 2. The second-order valence-electron chi connectivity index (χ2n) is 3.83. The van der Waals surface area contributed by atoms with E-state index in [-0.39, 0.29) is 0 Å². The highest BCUT2D eigenvalue weighted by molar-refractivity contribution is 6.41. The molecule has 0 bridgehead atoms. The van der Waals surface area contributed by atoms with Crippen LogP contribution in [0.3, 0.4) is 0 Å². The molecule has 0 fully saturated rings. The number of hydrogen-bond donors (Lipinski definition) is 1. The van der Waals surface area contributed by atoms with Crippen molar-refractivity contribution in [2.24, 2.45) is 0 Å². The Morgan fingerprint density at radius 3 is 2.50 bits per heavy atom. The molecule has 0 aliphatic carbocycles. The standard InChI is InChI=1S/C12H12Cl3N3/c13-9-6-10(14)12(11(15)7-9)17-2-1-4-18-5-3-16-8-18/h3,5-8,17H,1-2,4H2. The van der Waals surface area contributed by atoms with E-state index in [2.05, 4.69) is 10.3 Å². The highest BCUT2D eigenvalue weighted by Crippen LogP contribution is 2.33. The first-order chi connectivity index (χ1) is 8.66. The van der Waals surface area contributed by atoms with Crippen molar-refractivity contribution < 1.29 is 0 Å². The maximum Gasteiger partial charge on any atom is 0.0945 e. The van der Waals surface area contributed by atoms with E-state index in [1.54, 1.807) is 24.7 Å². The lowest BCUT2D eigenvalue weighted by Gasteiger charge is -2.11. The molecule has 1 N–H and O–H groups in total. The Morgan fingerprint density at radius 1 is 1.17 bits per heavy atom. The molecule has 0 spiro atoms. The van der Waals surface area contributed by atoms with Gasteiger partial charge in [-0.2, -0.15) is 0 Å². The summed E-state index contributed by atoms with van der Waals surface area (Å²) in [6.45, 7) is 1.68. The van der Waals surface area contributed by atoms with Crippen LogP contribution in [0.25, 0.3) is 0 Å². The molecule has 2 rings (SSSR count). The third kappa shape index (κ3) is 3.55. The molecule has 3 nitrogen and oxygen atoms in total. The Balaban J connectivity index is 1.87. The lowest BCUT2D eigenvalue weighted by atomic mass is 10.3. The number of anilines is 1. The van der Waals surface area contributed by atoms with Crippen LogP contribution in [0.1, 0.15) is 6.42 Å². The van der Waals surface area contributed by atoms with Crippen molar-refractivity contribution in [3.8, 4) is 0 Å². The van der Waals surface area contributed by atoms with Gasteiger partial charge < -0.3 is 9.88 Å². The van der Waals surface area contributed by atoms with Gasteiger partial charge in [0.2, 0.25) is 0 Å². The van der Waals surface area contributed by atoms with Gasteiger partial charge in [0.1, 0.15) is 0 Å². The summed E-state index contributed by atoms with van der Waals surface area (Å²) in [4.78, 5) is 3.98. The lowest BCUT2D eigenvalue weighted by molar-refractivity contribution is 0.661. The molecule has 0 saturated heterocycles. The molecule has 1 aromatic heterocycles. The molecule has 2 aromatic rings. The smallest absolute Gasteiger partial charge is 0.0945 e. The first-order valence-electron chi connectivity index (χ1n) is 5.51. The van der Waals surface area contributed by atoms with Crippen LogP contribution < -0.4 is 5.32 Å². The molecule has 0 amide bonds. The van der Waals surface area contributed by atoms with E-state index < -0.39 is 0 Å². The second kappa shape index (κ2) is 6.32. The Kier molecular flexibility index (Phi) is 4.75. The van der Waals surface area contributed by atoms with Crippen molar-refractivity contribution in [1.29, 1.82) is 0 Å². The van der Waals surface area contributed by atoms with Gasteiger partial charge in [0, 0.05) is 30.5 Å². The zero-order chi connectivity index (χ0) is 13.0. The summed E-state index contributed by atoms with van der Waals surface area (Å²) in [5.74, 6) is 0. The van der Waals surface area contributed by atoms with Crippen LogP contribution in [0.2, 0.25) is 15.1 Å². The SMILES string of the molecule is Clc1cc(Cl)c(NCCCn2ccnc2)c(Cl)c1. The number of nitrogens with one attached hydrogen (secondary N) is 1. The minimum atomic E-state index is 0.536. The quantitative estimate of drug-likeness (QED) is 0.833. The molecule has 0 aliphatic heterocycles. The molecule has 6 heteroatoms. The fourth-order valence-electron chi connectivity index (χ4n) is 1.61. The Hall–Kier alpha value is -0.900. The first-order valence-corrected chi connectivity index (χ1v) is 6.64. The number of rotatable bonds is 5. The van der Waals surface area contributed by atoms with Crippen molar-refractivity contribution in [3.05, 3.63) is 45.9 Å². The van der Waals surface area contributed by atoms with Crippen LogP contribution in [-0.2, 0) is 6.54 Å². The summed E-state index contributed by atoms with van der Waals surface area (Å²) in [7, 11) is 0. The molecule has 0 unspecified atom stereocenters. The maximum absolute atomic E-state index is 6.07. The van der Waals surface area contributed by atoms with Crippen molar-refractivity contribution in [2.75, 3.05) is 11.9 Å². The molecule has 0 aliphatic rings. The van der Waals surface area contributed by atoms with Crippen LogP contribution in [0, 0.1) is 0 Å². The van der Waals surface area contributed by atoms with Crippen LogP contribution >= 0.6 is 34.8 Å². The average Bonchev–Trinajstić information content (AvgIpc) is 2.79. The molecule has 1 heterocycles. The van der Waals surface area contributed by atoms with Crippen molar-refractivity contribution in [3.63, 3.8) is 0 Å². The number of aromatic nitrogens is 2. The zero-order valence-corrected chi connectivity index (χ0v) is 11.8. The molecule has 0 atom stereocenters. The molecule has 0 radical (unpaired) electrons. The van der Waals surface area contributed by atoms with Gasteiger partial charge in [0.15, 0.2) is 0 Å². The number of imidazole rings is 1. The van der Waals surface area contributed by atoms with E-state index in [9.17, 15) is 0 Å². The lowest BCUT2D eigenvalue weighted by Crippen LogP contribution is -2.06. The fourth-order valence-corrected chi connectivity index (χ4v) is 2.56. The fraction of sp³-hybridized carbons (Fsp3) is 0.250. The molecule has 1 aromatic carbocycles. The predicted molar refractivity (Wildman–Crippen MR) is 76.8 cm³/mol. The minimum absolute atomic E-state index is 0.536. The van der Waals surface area contributed by atoms with E-state index >= 15 is 0 Å². The Bertz CT molecular complexity index is 488. The van der Waals surface area contributed by atoms with Crippen LogP contribution in [0.5, 0.6) is 0 Å². The van der Waals surface area contributed by atoms with Crippen LogP contribution in [0.15, 0.2) is 30.9 Å². The monoisotopic (exact) mass is 303 g/mol. The zero-order valence-electron chi connectivity index (χ0n) is 9.54. The second-order valence-corrected chi connectivity index (χ2v) is 5.08. The van der Waals surface area contributed by atoms with E-state index in [0.29, 0.717) is 15.1 Å². The van der Waals surface area contributed by atoms with Gasteiger partial charge in [-0.1, -0.05) is 34.8 Å². The normalized spacial score (nSPS) is 10.6. The average molecular weight is 305 g/mol. The largest absolute Gasteiger partial charge is 0.383 e. The summed E-state index contributed by atoms with van der Waals surface area (Å²) in [5.41, 5.74) is 0.730. The molecule has 96 valence electrons. The third-order valence-corrected chi connectivity index (χ3v) is 3.28. The van der Waals surface area contributed by atoms with E-state index in [0.717, 1.165) is 25.2 Å². The molecule has 18 heavy (non-hydrogen) atoms. The third-order valence-electron chi connectivity index (χ3n) is 2.46. The number of nitrogens with zero attached hydrogens (tertiary/aromatic N) is 2. The summed E-state index contributed by atoms with van der Waals surface area (Å²) < 4.78 is 2.02. The number of halogens is 3. The molecule has 0 saturated carbocycles. The highest BCUT2D eigenvalue weighted by Gasteiger charge is 2.06. The highest BCUT2D eigenvalue weighted by atomic mass is 35.5.